The number of para-hydroxylation sites is 1. The van der Waals surface area contributed by atoms with Crippen LogP contribution in [0.5, 0.6) is 5.75 Å². The zero-order valence-corrected chi connectivity index (χ0v) is 15.9. The summed E-state index contributed by atoms with van der Waals surface area (Å²) in [6, 6.07) is 14.3. The fourth-order valence-electron chi connectivity index (χ4n) is 3.72. The molecule has 0 aliphatic carbocycles. The second-order valence-corrected chi connectivity index (χ2v) is 7.11. The molecule has 1 aromatic heterocycles. The summed E-state index contributed by atoms with van der Waals surface area (Å²) in [6.07, 6.45) is 3.04. The van der Waals surface area contributed by atoms with E-state index in [2.05, 4.69) is 11.2 Å². The van der Waals surface area contributed by atoms with Crippen molar-refractivity contribution in [3.63, 3.8) is 0 Å². The van der Waals surface area contributed by atoms with Gasteiger partial charge in [0, 0.05) is 32.3 Å². The van der Waals surface area contributed by atoms with E-state index < -0.39 is 11.9 Å². The smallest absolute Gasteiger partial charge is 0.263 e. The van der Waals surface area contributed by atoms with Crippen LogP contribution in [0.1, 0.15) is 29.5 Å². The summed E-state index contributed by atoms with van der Waals surface area (Å²) in [5.74, 6) is -0.501. The number of halogens is 1. The largest absolute Gasteiger partial charge is 0.478 e. The molecule has 1 amide bonds. The molecule has 4 rings (SSSR count). The van der Waals surface area contributed by atoms with Crippen molar-refractivity contribution in [3.8, 4) is 5.75 Å². The van der Waals surface area contributed by atoms with Crippen molar-refractivity contribution >= 4 is 5.91 Å². The average Bonchev–Trinajstić information content (AvgIpc) is 3.14. The van der Waals surface area contributed by atoms with Crippen LogP contribution in [0, 0.1) is 5.82 Å². The molecule has 0 saturated heterocycles. The minimum Gasteiger partial charge on any atom is -0.478 e. The van der Waals surface area contributed by atoms with Gasteiger partial charge >= 0.3 is 0 Å². The van der Waals surface area contributed by atoms with Crippen molar-refractivity contribution in [2.45, 2.75) is 25.5 Å². The Kier molecular flexibility index (Phi) is 4.86. The van der Waals surface area contributed by atoms with Crippen LogP contribution >= 0.6 is 0 Å². The van der Waals surface area contributed by atoms with E-state index in [4.69, 9.17) is 4.74 Å². The Balaban J connectivity index is 1.58. The quantitative estimate of drug-likeness (QED) is 0.697. The molecule has 3 aromatic rings. The first-order chi connectivity index (χ1) is 13.5. The molecule has 0 radical (unpaired) electrons. The van der Waals surface area contributed by atoms with Gasteiger partial charge in [0.15, 0.2) is 17.7 Å². The molecule has 6 heteroatoms. The summed E-state index contributed by atoms with van der Waals surface area (Å²) in [7, 11) is 1.88. The van der Waals surface area contributed by atoms with Crippen molar-refractivity contribution in [1.82, 2.24) is 14.7 Å². The number of rotatable bonds is 4. The number of carbonyl (C=O) groups is 1. The third kappa shape index (κ3) is 3.50. The third-order valence-corrected chi connectivity index (χ3v) is 5.12. The van der Waals surface area contributed by atoms with Gasteiger partial charge < -0.3 is 9.64 Å². The number of aryl methyl sites for hydroxylation is 1. The van der Waals surface area contributed by atoms with Crippen LogP contribution in [-0.2, 0) is 18.4 Å². The number of aromatic nitrogens is 2. The number of carbonyl (C=O) groups excluding carboxylic acids is 1. The van der Waals surface area contributed by atoms with Crippen LogP contribution in [0.3, 0.4) is 0 Å². The molecule has 0 bridgehead atoms. The summed E-state index contributed by atoms with van der Waals surface area (Å²) in [5, 5.41) is 4.28. The van der Waals surface area contributed by atoms with Gasteiger partial charge in [0.1, 0.15) is 0 Å². The van der Waals surface area contributed by atoms with E-state index >= 15 is 0 Å². The van der Waals surface area contributed by atoms with Gasteiger partial charge in [-0.3, -0.25) is 9.48 Å². The zero-order valence-electron chi connectivity index (χ0n) is 15.9. The number of hydrogen-bond donors (Lipinski definition) is 0. The lowest BCUT2D eigenvalue weighted by molar-refractivity contribution is -0.139. The Morgan fingerprint density at radius 2 is 1.96 bits per heavy atom. The van der Waals surface area contributed by atoms with Crippen molar-refractivity contribution in [3.05, 3.63) is 83.4 Å². The molecule has 144 valence electrons. The summed E-state index contributed by atoms with van der Waals surface area (Å²) in [5.41, 5.74) is 3.38. The highest BCUT2D eigenvalue weighted by Crippen LogP contribution is 2.33. The molecular formula is C22H22FN3O2. The first-order valence-electron chi connectivity index (χ1n) is 9.29. The standard InChI is InChI=1S/C22H22FN3O2/c1-15(28-21-10-6-5-9-20(21)23)22(27)26-13-16-7-3-4-8-18(16)19(14-26)17-11-24-25(2)12-17/h3-12,15,19H,13-14H2,1-2H3/t15-,19-/m0/s1. The van der Waals surface area contributed by atoms with E-state index in [0.717, 1.165) is 11.1 Å². The maximum Gasteiger partial charge on any atom is 0.263 e. The lowest BCUT2D eigenvalue weighted by Crippen LogP contribution is -2.44. The number of amides is 1. The minimum atomic E-state index is -0.781. The van der Waals surface area contributed by atoms with Gasteiger partial charge in [-0.15, -0.1) is 0 Å². The molecule has 2 aromatic carbocycles. The van der Waals surface area contributed by atoms with Gasteiger partial charge in [-0.05, 0) is 35.7 Å². The van der Waals surface area contributed by atoms with Gasteiger partial charge in [0.25, 0.3) is 5.91 Å². The molecule has 1 aliphatic heterocycles. The Morgan fingerprint density at radius 3 is 2.71 bits per heavy atom. The number of benzene rings is 2. The average molecular weight is 379 g/mol. The SMILES string of the molecule is C[C@H](Oc1ccccc1F)C(=O)N1Cc2ccccc2[C@H](c2cnn(C)c2)C1. The fraction of sp³-hybridized carbons (Fsp3) is 0.273. The topological polar surface area (TPSA) is 47.4 Å². The Morgan fingerprint density at radius 1 is 1.21 bits per heavy atom. The molecule has 0 fully saturated rings. The molecule has 2 atom stereocenters. The van der Waals surface area contributed by atoms with E-state index in [9.17, 15) is 9.18 Å². The fourth-order valence-corrected chi connectivity index (χ4v) is 3.72. The van der Waals surface area contributed by atoms with E-state index in [1.807, 2.05) is 37.6 Å². The molecule has 2 heterocycles. The molecule has 0 saturated carbocycles. The molecule has 1 aliphatic rings. The number of nitrogens with zero attached hydrogens (tertiary/aromatic N) is 3. The highest BCUT2D eigenvalue weighted by atomic mass is 19.1. The maximum absolute atomic E-state index is 13.9. The molecule has 0 N–H and O–H groups in total. The lowest BCUT2D eigenvalue weighted by Gasteiger charge is -2.35. The van der Waals surface area contributed by atoms with Crippen LogP contribution in [0.4, 0.5) is 4.39 Å². The van der Waals surface area contributed by atoms with Crippen molar-refractivity contribution in [2.75, 3.05) is 6.54 Å². The Labute approximate surface area is 163 Å². The number of fused-ring (bicyclic) bond motifs is 1. The van der Waals surface area contributed by atoms with Crippen molar-refractivity contribution in [1.29, 1.82) is 0 Å². The van der Waals surface area contributed by atoms with E-state index in [0.29, 0.717) is 13.1 Å². The molecule has 28 heavy (non-hydrogen) atoms. The highest BCUT2D eigenvalue weighted by Gasteiger charge is 2.32. The van der Waals surface area contributed by atoms with Gasteiger partial charge in [0.2, 0.25) is 0 Å². The normalized spacial score (nSPS) is 17.1. The molecule has 5 nitrogen and oxygen atoms in total. The van der Waals surface area contributed by atoms with E-state index in [-0.39, 0.29) is 17.6 Å². The molecule has 0 unspecified atom stereocenters. The van der Waals surface area contributed by atoms with E-state index in [1.54, 1.807) is 28.6 Å². The predicted octanol–water partition coefficient (Wildman–Crippen LogP) is 3.50. The van der Waals surface area contributed by atoms with Gasteiger partial charge in [0.05, 0.1) is 6.20 Å². The summed E-state index contributed by atoms with van der Waals surface area (Å²) in [4.78, 5) is 14.8. The van der Waals surface area contributed by atoms with E-state index in [1.165, 1.54) is 17.7 Å². The van der Waals surface area contributed by atoms with Crippen LogP contribution in [0.25, 0.3) is 0 Å². The second-order valence-electron chi connectivity index (χ2n) is 7.11. The number of ether oxygens (including phenoxy) is 1. The predicted molar refractivity (Wildman–Crippen MR) is 103 cm³/mol. The van der Waals surface area contributed by atoms with Crippen molar-refractivity contribution in [2.24, 2.45) is 7.05 Å². The first-order valence-corrected chi connectivity index (χ1v) is 9.29. The van der Waals surface area contributed by atoms with Crippen molar-refractivity contribution < 1.29 is 13.9 Å². The van der Waals surface area contributed by atoms with Crippen LogP contribution < -0.4 is 4.74 Å². The Bertz CT molecular complexity index is 1000. The third-order valence-electron chi connectivity index (χ3n) is 5.12. The zero-order chi connectivity index (χ0) is 19.7. The maximum atomic E-state index is 13.9. The van der Waals surface area contributed by atoms with Gasteiger partial charge in [-0.2, -0.15) is 5.10 Å². The second kappa shape index (κ2) is 7.46. The van der Waals surface area contributed by atoms with Crippen LogP contribution in [0.2, 0.25) is 0 Å². The van der Waals surface area contributed by atoms with Gasteiger partial charge in [-0.25, -0.2) is 4.39 Å². The highest BCUT2D eigenvalue weighted by molar-refractivity contribution is 5.81. The minimum absolute atomic E-state index is 0.0447. The van der Waals surface area contributed by atoms with Crippen LogP contribution in [-0.4, -0.2) is 33.2 Å². The molecular weight excluding hydrogens is 357 g/mol. The lowest BCUT2D eigenvalue weighted by atomic mass is 9.86. The first kappa shape index (κ1) is 18.2. The monoisotopic (exact) mass is 379 g/mol. The summed E-state index contributed by atoms with van der Waals surface area (Å²) >= 11 is 0. The Hall–Kier alpha value is -3.15. The number of hydrogen-bond acceptors (Lipinski definition) is 3. The summed E-state index contributed by atoms with van der Waals surface area (Å²) < 4.78 is 21.3. The molecule has 0 spiro atoms. The summed E-state index contributed by atoms with van der Waals surface area (Å²) in [6.45, 7) is 2.71. The van der Waals surface area contributed by atoms with Gasteiger partial charge in [-0.1, -0.05) is 36.4 Å². The van der Waals surface area contributed by atoms with Crippen LogP contribution in [0.15, 0.2) is 60.9 Å².